The van der Waals surface area contributed by atoms with Gasteiger partial charge in [0.05, 0.1) is 21.5 Å². The Bertz CT molecular complexity index is 450. The highest BCUT2D eigenvalue weighted by atomic mass is 35.5. The third kappa shape index (κ3) is 1.71. The van der Waals surface area contributed by atoms with E-state index in [9.17, 15) is 5.26 Å². The summed E-state index contributed by atoms with van der Waals surface area (Å²) in [6.45, 7) is 2.14. The summed E-state index contributed by atoms with van der Waals surface area (Å²) >= 11 is 11.9. The molecule has 0 bridgehead atoms. The van der Waals surface area contributed by atoms with Crippen LogP contribution in [0.15, 0.2) is 18.2 Å². The topological polar surface area (TPSA) is 23.8 Å². The molecule has 1 nitrogen and oxygen atoms in total. The number of rotatable bonds is 1. The second-order valence-corrected chi connectivity index (χ2v) is 5.32. The van der Waals surface area contributed by atoms with Crippen LogP contribution in [0.3, 0.4) is 0 Å². The quantitative estimate of drug-likeness (QED) is 0.719. The van der Waals surface area contributed by atoms with Crippen molar-refractivity contribution in [2.75, 3.05) is 0 Å². The van der Waals surface area contributed by atoms with Gasteiger partial charge in [0, 0.05) is 0 Å². The Labute approximate surface area is 106 Å². The number of hydrogen-bond donors (Lipinski definition) is 0. The minimum Gasteiger partial charge on any atom is -0.197 e. The zero-order valence-corrected chi connectivity index (χ0v) is 10.6. The molecule has 0 heterocycles. The Kier molecular flexibility index (Phi) is 3.15. The van der Waals surface area contributed by atoms with Gasteiger partial charge < -0.3 is 0 Å². The van der Waals surface area contributed by atoms with Crippen molar-refractivity contribution in [1.29, 1.82) is 5.26 Å². The Balaban J connectivity index is 2.49. The largest absolute Gasteiger partial charge is 0.197 e. The highest BCUT2D eigenvalue weighted by Gasteiger charge is 2.42. The Hall–Kier alpha value is -0.710. The van der Waals surface area contributed by atoms with E-state index in [-0.39, 0.29) is 5.41 Å². The van der Waals surface area contributed by atoms with E-state index in [2.05, 4.69) is 13.0 Å². The van der Waals surface area contributed by atoms with Crippen molar-refractivity contribution in [3.8, 4) is 6.07 Å². The van der Waals surface area contributed by atoms with Crippen molar-refractivity contribution in [3.05, 3.63) is 33.8 Å². The van der Waals surface area contributed by atoms with Gasteiger partial charge >= 0.3 is 0 Å². The Morgan fingerprint density at radius 3 is 2.62 bits per heavy atom. The number of nitrogens with zero attached hydrogens (tertiary/aromatic N) is 1. The van der Waals surface area contributed by atoms with Gasteiger partial charge in [0.1, 0.15) is 0 Å². The average molecular weight is 254 g/mol. The fourth-order valence-corrected chi connectivity index (χ4v) is 2.91. The van der Waals surface area contributed by atoms with E-state index in [1.807, 2.05) is 12.1 Å². The second-order valence-electron chi connectivity index (χ2n) is 4.51. The van der Waals surface area contributed by atoms with Crippen LogP contribution in [-0.4, -0.2) is 0 Å². The van der Waals surface area contributed by atoms with E-state index >= 15 is 0 Å². The van der Waals surface area contributed by atoms with Crippen LogP contribution in [0.5, 0.6) is 0 Å². The summed E-state index contributed by atoms with van der Waals surface area (Å²) in [4.78, 5) is 0. The number of nitriles is 1. The van der Waals surface area contributed by atoms with Gasteiger partial charge in [-0.25, -0.2) is 0 Å². The lowest BCUT2D eigenvalue weighted by Gasteiger charge is -2.26. The second kappa shape index (κ2) is 4.28. The summed E-state index contributed by atoms with van der Waals surface area (Å²) in [5.41, 5.74) is 0.642. The van der Waals surface area contributed by atoms with E-state index in [0.29, 0.717) is 16.0 Å². The number of halogens is 2. The minimum atomic E-state index is -0.367. The predicted octanol–water partition coefficient (Wildman–Crippen LogP) is 4.57. The van der Waals surface area contributed by atoms with Crippen molar-refractivity contribution >= 4 is 23.2 Å². The van der Waals surface area contributed by atoms with E-state index in [0.717, 1.165) is 24.8 Å². The smallest absolute Gasteiger partial charge is 0.0848 e. The van der Waals surface area contributed by atoms with E-state index in [1.54, 1.807) is 6.07 Å². The molecule has 84 valence electrons. The zero-order valence-electron chi connectivity index (χ0n) is 9.13. The summed E-state index contributed by atoms with van der Waals surface area (Å²) in [7, 11) is 0. The molecule has 1 aliphatic carbocycles. The maximum absolute atomic E-state index is 9.47. The fourth-order valence-electron chi connectivity index (χ4n) is 2.61. The van der Waals surface area contributed by atoms with Gasteiger partial charge in [-0.15, -0.1) is 0 Å². The van der Waals surface area contributed by atoms with Crippen LogP contribution in [-0.2, 0) is 5.41 Å². The molecule has 2 atom stereocenters. The van der Waals surface area contributed by atoms with Gasteiger partial charge in [-0.3, -0.25) is 0 Å². The van der Waals surface area contributed by atoms with Gasteiger partial charge in [-0.2, -0.15) is 5.26 Å². The van der Waals surface area contributed by atoms with E-state index in [4.69, 9.17) is 23.2 Å². The third-order valence-corrected chi connectivity index (χ3v) is 4.42. The molecule has 0 radical (unpaired) electrons. The predicted molar refractivity (Wildman–Crippen MR) is 66.8 cm³/mol. The van der Waals surface area contributed by atoms with E-state index < -0.39 is 0 Å². The maximum atomic E-state index is 9.47. The van der Waals surface area contributed by atoms with Crippen LogP contribution in [0.25, 0.3) is 0 Å². The summed E-state index contributed by atoms with van der Waals surface area (Å²) in [5, 5.41) is 10.6. The lowest BCUT2D eigenvalue weighted by Crippen LogP contribution is -2.26. The molecule has 3 heteroatoms. The molecule has 0 amide bonds. The molecule has 1 aromatic carbocycles. The van der Waals surface area contributed by atoms with Gasteiger partial charge in [0.2, 0.25) is 0 Å². The maximum Gasteiger partial charge on any atom is 0.0848 e. The van der Waals surface area contributed by atoms with Crippen molar-refractivity contribution in [2.24, 2.45) is 5.92 Å². The third-order valence-electron chi connectivity index (χ3n) is 3.68. The van der Waals surface area contributed by atoms with Crippen LogP contribution in [0, 0.1) is 17.2 Å². The standard InChI is InChI=1S/C13H13Cl2N/c1-9-3-2-6-13(9,8-16)10-4-5-11(14)12(15)7-10/h4-5,7,9H,2-3,6H2,1H3. The minimum absolute atomic E-state index is 0.367. The normalized spacial score (nSPS) is 29.0. The average Bonchev–Trinajstić information content (AvgIpc) is 2.65. The van der Waals surface area contributed by atoms with Gasteiger partial charge in [0.15, 0.2) is 0 Å². The first-order valence-electron chi connectivity index (χ1n) is 5.47. The van der Waals surface area contributed by atoms with Crippen molar-refractivity contribution in [2.45, 2.75) is 31.6 Å². The molecule has 2 unspecified atom stereocenters. The molecule has 0 saturated heterocycles. The molecule has 0 spiro atoms. The van der Waals surface area contributed by atoms with E-state index in [1.165, 1.54) is 0 Å². The molecule has 2 rings (SSSR count). The van der Waals surface area contributed by atoms with Crippen LogP contribution in [0.4, 0.5) is 0 Å². The summed E-state index contributed by atoms with van der Waals surface area (Å²) in [5.74, 6) is 0.384. The lowest BCUT2D eigenvalue weighted by atomic mass is 9.74. The zero-order chi connectivity index (χ0) is 11.8. The highest BCUT2D eigenvalue weighted by molar-refractivity contribution is 6.42. The summed E-state index contributed by atoms with van der Waals surface area (Å²) in [6.07, 6.45) is 3.13. The molecule has 16 heavy (non-hydrogen) atoms. The van der Waals surface area contributed by atoms with Gasteiger partial charge in [-0.1, -0.05) is 42.6 Å². The van der Waals surface area contributed by atoms with Gasteiger partial charge in [-0.05, 0) is 36.5 Å². The number of benzene rings is 1. The molecule has 1 fully saturated rings. The fraction of sp³-hybridized carbons (Fsp3) is 0.462. The van der Waals surface area contributed by atoms with Crippen molar-refractivity contribution in [1.82, 2.24) is 0 Å². The molecular formula is C13H13Cl2N. The van der Waals surface area contributed by atoms with Gasteiger partial charge in [0.25, 0.3) is 0 Å². The molecule has 0 aliphatic heterocycles. The van der Waals surface area contributed by atoms with Crippen LogP contribution in [0.1, 0.15) is 31.7 Å². The number of hydrogen-bond acceptors (Lipinski definition) is 1. The van der Waals surface area contributed by atoms with Crippen LogP contribution in [0.2, 0.25) is 10.0 Å². The Morgan fingerprint density at radius 2 is 2.12 bits per heavy atom. The summed E-state index contributed by atoms with van der Waals surface area (Å²) < 4.78 is 0. The first-order chi connectivity index (χ1) is 7.60. The first kappa shape index (κ1) is 11.8. The molecule has 1 saturated carbocycles. The first-order valence-corrected chi connectivity index (χ1v) is 6.22. The molecule has 0 N–H and O–H groups in total. The highest BCUT2D eigenvalue weighted by Crippen LogP contribution is 2.46. The summed E-state index contributed by atoms with van der Waals surface area (Å²) in [6, 6.07) is 8.04. The Morgan fingerprint density at radius 1 is 1.38 bits per heavy atom. The van der Waals surface area contributed by atoms with Crippen molar-refractivity contribution in [3.63, 3.8) is 0 Å². The SMILES string of the molecule is CC1CCCC1(C#N)c1ccc(Cl)c(Cl)c1. The lowest BCUT2D eigenvalue weighted by molar-refractivity contribution is 0.431. The molecular weight excluding hydrogens is 241 g/mol. The van der Waals surface area contributed by atoms with Crippen LogP contribution < -0.4 is 0 Å². The molecule has 1 aliphatic rings. The monoisotopic (exact) mass is 253 g/mol. The molecule has 1 aromatic rings. The molecule has 0 aromatic heterocycles. The van der Waals surface area contributed by atoms with Crippen molar-refractivity contribution < 1.29 is 0 Å². The van der Waals surface area contributed by atoms with Crippen LogP contribution >= 0.6 is 23.2 Å².